The molecule has 0 radical (unpaired) electrons. The van der Waals surface area contributed by atoms with Crippen LogP contribution >= 0.6 is 35.6 Å². The molecule has 15 heavy (non-hydrogen) atoms. The molecule has 1 heterocycles. The van der Waals surface area contributed by atoms with E-state index in [1.54, 1.807) is 24.3 Å². The Bertz CT molecular complexity index is 398. The Hall–Kier alpha value is -0.330. The molecule has 3 N–H and O–H groups in total. The molecule has 1 saturated heterocycles. The molecule has 0 aromatic heterocycles. The normalized spacial score (nSPS) is 26.1. The van der Waals surface area contributed by atoms with E-state index in [0.29, 0.717) is 20.7 Å². The van der Waals surface area contributed by atoms with Crippen molar-refractivity contribution in [3.63, 3.8) is 0 Å². The van der Waals surface area contributed by atoms with Crippen LogP contribution in [0.1, 0.15) is 5.56 Å². The zero-order valence-electron chi connectivity index (χ0n) is 7.68. The molecular weight excluding hydrogens is 252 g/mol. The minimum atomic E-state index is -1.22. The van der Waals surface area contributed by atoms with E-state index < -0.39 is 5.72 Å². The summed E-state index contributed by atoms with van der Waals surface area (Å²) in [6, 6.07) is 6.93. The fourth-order valence-electron chi connectivity index (χ4n) is 1.39. The van der Waals surface area contributed by atoms with Gasteiger partial charge in [0.05, 0.1) is 5.75 Å². The van der Waals surface area contributed by atoms with E-state index in [2.05, 4.69) is 0 Å². The second-order valence-electron chi connectivity index (χ2n) is 3.25. The van der Waals surface area contributed by atoms with E-state index in [-0.39, 0.29) is 0 Å². The summed E-state index contributed by atoms with van der Waals surface area (Å²) in [6.45, 7) is 0. The number of hydrazine groups is 1. The SMILES string of the molecule is NN1C(=S)SCC1(O)c1ccc(Cl)cc1. The summed E-state index contributed by atoms with van der Waals surface area (Å²) in [7, 11) is 0. The van der Waals surface area contributed by atoms with Gasteiger partial charge in [0.25, 0.3) is 0 Å². The summed E-state index contributed by atoms with van der Waals surface area (Å²) in [5, 5.41) is 12.2. The highest BCUT2D eigenvalue weighted by atomic mass is 35.5. The summed E-state index contributed by atoms with van der Waals surface area (Å²) in [5.74, 6) is 6.15. The third kappa shape index (κ3) is 1.86. The summed E-state index contributed by atoms with van der Waals surface area (Å²) in [6.07, 6.45) is 0. The monoisotopic (exact) mass is 260 g/mol. The van der Waals surface area contributed by atoms with Crippen LogP contribution in [-0.4, -0.2) is 20.2 Å². The van der Waals surface area contributed by atoms with Crippen molar-refractivity contribution in [1.29, 1.82) is 0 Å². The van der Waals surface area contributed by atoms with E-state index in [9.17, 15) is 5.11 Å². The van der Waals surface area contributed by atoms with Crippen LogP contribution in [0, 0.1) is 0 Å². The molecule has 1 atom stereocenters. The van der Waals surface area contributed by atoms with Gasteiger partial charge in [-0.05, 0) is 12.1 Å². The molecule has 0 aliphatic carbocycles. The number of halogens is 1. The van der Waals surface area contributed by atoms with Crippen molar-refractivity contribution in [3.05, 3.63) is 34.9 Å². The highest BCUT2D eigenvalue weighted by Crippen LogP contribution is 2.36. The Morgan fingerprint density at radius 2 is 2.07 bits per heavy atom. The first-order valence-corrected chi connectivity index (χ1v) is 6.01. The third-order valence-corrected chi connectivity index (χ3v) is 4.09. The average molecular weight is 261 g/mol. The minimum absolute atomic E-state index is 0.434. The minimum Gasteiger partial charge on any atom is -0.365 e. The molecule has 0 saturated carbocycles. The van der Waals surface area contributed by atoms with Crippen LogP contribution in [0.5, 0.6) is 0 Å². The average Bonchev–Trinajstić information content (AvgIpc) is 2.48. The van der Waals surface area contributed by atoms with Crippen LogP contribution in [-0.2, 0) is 5.72 Å². The van der Waals surface area contributed by atoms with Crippen molar-refractivity contribution in [2.75, 3.05) is 5.75 Å². The number of thiocarbonyl (C=S) groups is 1. The maximum absolute atomic E-state index is 10.3. The number of aliphatic hydroxyl groups is 1. The molecule has 3 nitrogen and oxygen atoms in total. The Balaban J connectivity index is 2.38. The maximum atomic E-state index is 10.3. The zero-order valence-corrected chi connectivity index (χ0v) is 10.1. The molecule has 1 unspecified atom stereocenters. The predicted octanol–water partition coefficient (Wildman–Crippen LogP) is 1.69. The third-order valence-electron chi connectivity index (χ3n) is 2.30. The van der Waals surface area contributed by atoms with Crippen LogP contribution < -0.4 is 5.84 Å². The first-order chi connectivity index (χ1) is 7.04. The number of benzene rings is 1. The summed E-state index contributed by atoms with van der Waals surface area (Å²) >= 11 is 12.1. The Morgan fingerprint density at radius 1 is 1.47 bits per heavy atom. The molecule has 1 aliphatic heterocycles. The van der Waals surface area contributed by atoms with Crippen molar-refractivity contribution in [1.82, 2.24) is 5.01 Å². The van der Waals surface area contributed by atoms with Crippen molar-refractivity contribution >= 4 is 39.9 Å². The van der Waals surface area contributed by atoms with Gasteiger partial charge in [-0.3, -0.25) is 5.01 Å². The quantitative estimate of drug-likeness (QED) is 0.595. The van der Waals surface area contributed by atoms with Gasteiger partial charge in [0.2, 0.25) is 0 Å². The summed E-state index contributed by atoms with van der Waals surface area (Å²) in [4.78, 5) is 0. The van der Waals surface area contributed by atoms with E-state index in [1.165, 1.54) is 16.8 Å². The first-order valence-electron chi connectivity index (χ1n) is 4.24. The fraction of sp³-hybridized carbons (Fsp3) is 0.222. The van der Waals surface area contributed by atoms with Crippen molar-refractivity contribution < 1.29 is 5.11 Å². The lowest BCUT2D eigenvalue weighted by atomic mass is 10.0. The second-order valence-corrected chi connectivity index (χ2v) is 5.29. The molecule has 0 amide bonds. The lowest BCUT2D eigenvalue weighted by molar-refractivity contribution is -0.0475. The Morgan fingerprint density at radius 3 is 2.53 bits per heavy atom. The lowest BCUT2D eigenvalue weighted by Gasteiger charge is -2.30. The molecule has 1 aromatic rings. The van der Waals surface area contributed by atoms with Crippen LogP contribution in [0.25, 0.3) is 0 Å². The van der Waals surface area contributed by atoms with Gasteiger partial charge in [-0.2, -0.15) is 0 Å². The van der Waals surface area contributed by atoms with Crippen molar-refractivity contribution in [2.45, 2.75) is 5.72 Å². The highest BCUT2D eigenvalue weighted by molar-refractivity contribution is 8.23. The summed E-state index contributed by atoms with van der Waals surface area (Å²) in [5.41, 5.74) is -0.520. The highest BCUT2D eigenvalue weighted by Gasteiger charge is 2.42. The number of hydrogen-bond acceptors (Lipinski definition) is 4. The van der Waals surface area contributed by atoms with Gasteiger partial charge in [-0.15, -0.1) is 0 Å². The van der Waals surface area contributed by atoms with Gasteiger partial charge >= 0.3 is 0 Å². The van der Waals surface area contributed by atoms with Gasteiger partial charge in [-0.1, -0.05) is 47.7 Å². The van der Waals surface area contributed by atoms with Gasteiger partial charge in [0, 0.05) is 10.6 Å². The molecule has 6 heteroatoms. The van der Waals surface area contributed by atoms with E-state index >= 15 is 0 Å². The van der Waals surface area contributed by atoms with Crippen molar-refractivity contribution in [2.24, 2.45) is 5.84 Å². The zero-order chi connectivity index (χ0) is 11.1. The number of nitrogens with zero attached hydrogens (tertiary/aromatic N) is 1. The molecule has 80 valence electrons. The Labute approximate surface area is 102 Å². The van der Waals surface area contributed by atoms with Crippen molar-refractivity contribution in [3.8, 4) is 0 Å². The standard InChI is InChI=1S/C9H9ClN2OS2/c10-7-3-1-6(2-4-7)9(13)5-15-8(14)12(9)11/h1-4,13H,5,11H2. The van der Waals surface area contributed by atoms with Crippen LogP contribution in [0.15, 0.2) is 24.3 Å². The second kappa shape index (κ2) is 3.92. The van der Waals surface area contributed by atoms with E-state index in [0.717, 1.165) is 0 Å². The van der Waals surface area contributed by atoms with Gasteiger partial charge in [0.1, 0.15) is 0 Å². The van der Waals surface area contributed by atoms with Crippen LogP contribution in [0.4, 0.5) is 0 Å². The molecule has 0 bridgehead atoms. The maximum Gasteiger partial charge on any atom is 0.188 e. The molecule has 2 rings (SSSR count). The number of thioether (sulfide) groups is 1. The van der Waals surface area contributed by atoms with Gasteiger partial charge in [0.15, 0.2) is 10.0 Å². The number of hydrogen-bond donors (Lipinski definition) is 2. The molecule has 1 aromatic carbocycles. The van der Waals surface area contributed by atoms with E-state index in [1.807, 2.05) is 0 Å². The van der Waals surface area contributed by atoms with Gasteiger partial charge < -0.3 is 5.11 Å². The molecular formula is C9H9ClN2OS2. The lowest BCUT2D eigenvalue weighted by Crippen LogP contribution is -2.48. The summed E-state index contributed by atoms with van der Waals surface area (Å²) < 4.78 is 0.493. The molecule has 1 aliphatic rings. The van der Waals surface area contributed by atoms with Crippen LogP contribution in [0.2, 0.25) is 5.02 Å². The smallest absolute Gasteiger partial charge is 0.188 e. The molecule has 1 fully saturated rings. The largest absolute Gasteiger partial charge is 0.365 e. The topological polar surface area (TPSA) is 49.5 Å². The fourth-order valence-corrected chi connectivity index (χ4v) is 2.77. The predicted molar refractivity (Wildman–Crippen MR) is 66.4 cm³/mol. The van der Waals surface area contributed by atoms with Gasteiger partial charge in [-0.25, -0.2) is 5.84 Å². The first kappa shape index (κ1) is 11.2. The van der Waals surface area contributed by atoms with E-state index in [4.69, 9.17) is 29.7 Å². The Kier molecular flexibility index (Phi) is 2.92. The molecule has 0 spiro atoms. The number of nitrogens with two attached hydrogens (primary N) is 1. The number of rotatable bonds is 1. The van der Waals surface area contributed by atoms with Crippen LogP contribution in [0.3, 0.4) is 0 Å².